The van der Waals surface area contributed by atoms with Gasteiger partial charge in [0.25, 0.3) is 0 Å². The molecule has 1 aliphatic rings. The van der Waals surface area contributed by atoms with E-state index in [-0.39, 0.29) is 18.0 Å². The Labute approximate surface area is 126 Å². The van der Waals surface area contributed by atoms with Crippen LogP contribution in [0.25, 0.3) is 0 Å². The summed E-state index contributed by atoms with van der Waals surface area (Å²) in [6.45, 7) is 0.929. The van der Waals surface area contributed by atoms with Crippen LogP contribution in [-0.2, 0) is 4.79 Å². The van der Waals surface area contributed by atoms with Crippen LogP contribution in [0, 0.1) is 11.7 Å². The van der Waals surface area contributed by atoms with Crippen LogP contribution in [0.5, 0.6) is 0 Å². The number of anilines is 1. The van der Waals surface area contributed by atoms with Crippen molar-refractivity contribution in [2.24, 2.45) is 5.92 Å². The van der Waals surface area contributed by atoms with Crippen molar-refractivity contribution in [2.45, 2.75) is 19.3 Å². The Bertz CT molecular complexity index is 545. The highest BCUT2D eigenvalue weighted by molar-refractivity contribution is 6.30. The molecule has 0 bridgehead atoms. The molecule has 0 aromatic heterocycles. The largest absolute Gasteiger partial charge is 0.481 e. The molecule has 0 radical (unpaired) electrons. The number of aliphatic carboxylic acids is 1. The van der Waals surface area contributed by atoms with Crippen molar-refractivity contribution in [1.82, 2.24) is 4.90 Å². The number of hydrogen-bond acceptors (Lipinski definition) is 2. The average molecular weight is 315 g/mol. The van der Waals surface area contributed by atoms with Crippen molar-refractivity contribution >= 4 is 29.3 Å². The van der Waals surface area contributed by atoms with Crippen LogP contribution in [0.2, 0.25) is 5.02 Å². The Hall–Kier alpha value is -1.82. The Balaban J connectivity index is 1.90. The number of carbonyl (C=O) groups is 2. The number of carboxylic acid groups (broad SMARTS) is 1. The zero-order chi connectivity index (χ0) is 15.4. The monoisotopic (exact) mass is 314 g/mol. The molecule has 1 heterocycles. The number of benzene rings is 1. The van der Waals surface area contributed by atoms with Gasteiger partial charge in [0.15, 0.2) is 0 Å². The number of amides is 2. The van der Waals surface area contributed by atoms with Crippen LogP contribution in [0.1, 0.15) is 19.3 Å². The third kappa shape index (κ3) is 4.32. The molecule has 114 valence electrons. The van der Waals surface area contributed by atoms with Crippen molar-refractivity contribution in [2.75, 3.05) is 18.4 Å². The lowest BCUT2D eigenvalue weighted by Gasteiger charge is -2.31. The minimum absolute atomic E-state index is 0.0418. The first-order chi connectivity index (χ1) is 9.95. The summed E-state index contributed by atoms with van der Waals surface area (Å²) in [5.41, 5.74) is 0.0418. The quantitative estimate of drug-likeness (QED) is 0.900. The van der Waals surface area contributed by atoms with Gasteiger partial charge in [0.1, 0.15) is 5.82 Å². The number of hydrogen-bond donors (Lipinski definition) is 2. The Kier molecular flexibility index (Phi) is 5.01. The van der Waals surface area contributed by atoms with Gasteiger partial charge in [-0.05, 0) is 37.0 Å². The van der Waals surface area contributed by atoms with Gasteiger partial charge in [-0.25, -0.2) is 9.18 Å². The first kappa shape index (κ1) is 15.6. The maximum atomic E-state index is 13.5. The minimum Gasteiger partial charge on any atom is -0.481 e. The molecule has 0 spiro atoms. The van der Waals surface area contributed by atoms with Crippen LogP contribution < -0.4 is 5.32 Å². The van der Waals surface area contributed by atoms with Gasteiger partial charge in [-0.3, -0.25) is 4.79 Å². The fourth-order valence-electron chi connectivity index (χ4n) is 2.37. The lowest BCUT2D eigenvalue weighted by molar-refractivity contribution is -0.138. The molecule has 0 aliphatic carbocycles. The standard InChI is InChI=1S/C14H16ClFN2O3/c15-10-1-2-11(16)12(8-10)17-14(21)18-5-3-9(4-6-18)7-13(19)20/h1-2,8-9H,3-7H2,(H,17,21)(H,19,20). The number of carbonyl (C=O) groups excluding carboxylic acids is 1. The predicted octanol–water partition coefficient (Wildman–Crippen LogP) is 3.20. The van der Waals surface area contributed by atoms with Gasteiger partial charge in [0.05, 0.1) is 5.69 Å². The van der Waals surface area contributed by atoms with E-state index in [4.69, 9.17) is 16.7 Å². The number of urea groups is 1. The summed E-state index contributed by atoms with van der Waals surface area (Å²) < 4.78 is 13.5. The third-order valence-electron chi connectivity index (χ3n) is 3.54. The number of halogens is 2. The second-order valence-corrected chi connectivity index (χ2v) is 5.52. The van der Waals surface area contributed by atoms with Gasteiger partial charge >= 0.3 is 12.0 Å². The summed E-state index contributed by atoms with van der Waals surface area (Å²) >= 11 is 5.77. The number of nitrogens with zero attached hydrogens (tertiary/aromatic N) is 1. The Morgan fingerprint density at radius 2 is 2.05 bits per heavy atom. The molecule has 1 saturated heterocycles. The number of nitrogens with one attached hydrogen (secondary N) is 1. The van der Waals surface area contributed by atoms with Gasteiger partial charge in [0, 0.05) is 24.5 Å². The van der Waals surface area contributed by atoms with Gasteiger partial charge in [-0.15, -0.1) is 0 Å². The summed E-state index contributed by atoms with van der Waals surface area (Å²) in [6.07, 6.45) is 1.40. The van der Waals surface area contributed by atoms with E-state index in [1.807, 2.05) is 0 Å². The number of rotatable bonds is 3. The third-order valence-corrected chi connectivity index (χ3v) is 3.77. The van der Waals surface area contributed by atoms with Crippen molar-refractivity contribution in [3.05, 3.63) is 29.0 Å². The van der Waals surface area contributed by atoms with E-state index in [2.05, 4.69) is 5.32 Å². The molecular weight excluding hydrogens is 299 g/mol. The zero-order valence-corrected chi connectivity index (χ0v) is 12.1. The molecule has 21 heavy (non-hydrogen) atoms. The van der Waals surface area contributed by atoms with E-state index in [0.29, 0.717) is 31.0 Å². The lowest BCUT2D eigenvalue weighted by Crippen LogP contribution is -2.41. The Morgan fingerprint density at radius 1 is 1.38 bits per heavy atom. The smallest absolute Gasteiger partial charge is 0.321 e. The van der Waals surface area contributed by atoms with Gasteiger partial charge in [-0.2, -0.15) is 0 Å². The summed E-state index contributed by atoms with van der Waals surface area (Å²) in [4.78, 5) is 24.2. The van der Waals surface area contributed by atoms with Gasteiger partial charge in [0.2, 0.25) is 0 Å². The fraction of sp³-hybridized carbons (Fsp3) is 0.429. The van der Waals surface area contributed by atoms with Crippen molar-refractivity contribution in [1.29, 1.82) is 0 Å². The van der Waals surface area contributed by atoms with E-state index in [0.717, 1.165) is 0 Å². The number of likely N-dealkylation sites (tertiary alicyclic amines) is 1. The van der Waals surface area contributed by atoms with Crippen LogP contribution in [0.3, 0.4) is 0 Å². The van der Waals surface area contributed by atoms with E-state index >= 15 is 0 Å². The molecule has 2 N–H and O–H groups in total. The topological polar surface area (TPSA) is 69.6 Å². The maximum Gasteiger partial charge on any atom is 0.321 e. The lowest BCUT2D eigenvalue weighted by atomic mass is 9.94. The van der Waals surface area contributed by atoms with Crippen molar-refractivity contribution in [3.8, 4) is 0 Å². The van der Waals surface area contributed by atoms with E-state index < -0.39 is 17.8 Å². The molecule has 0 atom stereocenters. The summed E-state index contributed by atoms with van der Waals surface area (Å²) in [5.74, 6) is -1.28. The highest BCUT2D eigenvalue weighted by Crippen LogP contribution is 2.23. The molecular formula is C14H16ClFN2O3. The molecule has 0 saturated carbocycles. The first-order valence-corrected chi connectivity index (χ1v) is 7.06. The molecule has 7 heteroatoms. The second-order valence-electron chi connectivity index (χ2n) is 5.08. The van der Waals surface area contributed by atoms with Gasteiger partial charge in [-0.1, -0.05) is 11.6 Å². The average Bonchev–Trinajstić information content (AvgIpc) is 2.43. The molecule has 1 aromatic carbocycles. The molecule has 1 aliphatic heterocycles. The Morgan fingerprint density at radius 3 is 2.67 bits per heavy atom. The van der Waals surface area contributed by atoms with E-state index in [9.17, 15) is 14.0 Å². The van der Waals surface area contributed by atoms with Crippen LogP contribution >= 0.6 is 11.6 Å². The second kappa shape index (κ2) is 6.76. The number of piperidine rings is 1. The molecule has 5 nitrogen and oxygen atoms in total. The molecule has 1 aromatic rings. The molecule has 2 rings (SSSR count). The van der Waals surface area contributed by atoms with Crippen LogP contribution in [0.15, 0.2) is 18.2 Å². The first-order valence-electron chi connectivity index (χ1n) is 6.68. The number of carboxylic acids is 1. The summed E-state index contributed by atoms with van der Waals surface area (Å²) in [6, 6.07) is 3.55. The van der Waals surface area contributed by atoms with Crippen LogP contribution in [-0.4, -0.2) is 35.1 Å². The van der Waals surface area contributed by atoms with Crippen LogP contribution in [0.4, 0.5) is 14.9 Å². The summed E-state index contributed by atoms with van der Waals surface area (Å²) in [5, 5.41) is 11.6. The van der Waals surface area contributed by atoms with Crippen molar-refractivity contribution in [3.63, 3.8) is 0 Å². The fourth-order valence-corrected chi connectivity index (χ4v) is 2.55. The van der Waals surface area contributed by atoms with E-state index in [1.54, 1.807) is 4.90 Å². The maximum absolute atomic E-state index is 13.5. The zero-order valence-electron chi connectivity index (χ0n) is 11.3. The molecule has 0 unspecified atom stereocenters. The molecule has 2 amide bonds. The van der Waals surface area contributed by atoms with E-state index in [1.165, 1.54) is 18.2 Å². The summed E-state index contributed by atoms with van der Waals surface area (Å²) in [7, 11) is 0. The molecule has 1 fully saturated rings. The highest BCUT2D eigenvalue weighted by Gasteiger charge is 2.24. The predicted molar refractivity (Wildman–Crippen MR) is 77.0 cm³/mol. The normalized spacial score (nSPS) is 15.8. The van der Waals surface area contributed by atoms with Gasteiger partial charge < -0.3 is 15.3 Å². The minimum atomic E-state index is -0.820. The highest BCUT2D eigenvalue weighted by atomic mass is 35.5. The van der Waals surface area contributed by atoms with Crippen molar-refractivity contribution < 1.29 is 19.1 Å². The SMILES string of the molecule is O=C(O)CC1CCN(C(=O)Nc2cc(Cl)ccc2F)CC1.